The highest BCUT2D eigenvalue weighted by Crippen LogP contribution is 2.07. The van der Waals surface area contributed by atoms with Crippen molar-refractivity contribution in [2.45, 2.75) is 13.3 Å². The van der Waals surface area contributed by atoms with E-state index in [1.54, 1.807) is 18.4 Å². The van der Waals surface area contributed by atoms with Gasteiger partial charge in [0.05, 0.1) is 0 Å². The summed E-state index contributed by atoms with van der Waals surface area (Å²) in [6, 6.07) is 4.08. The average Bonchev–Trinajstić information content (AvgIpc) is 2.72. The summed E-state index contributed by atoms with van der Waals surface area (Å²) >= 11 is 1.72. The van der Waals surface area contributed by atoms with Gasteiger partial charge in [-0.15, -0.1) is 11.3 Å². The highest BCUT2D eigenvalue weighted by molar-refractivity contribution is 7.09. The van der Waals surface area contributed by atoms with E-state index < -0.39 is 0 Å². The van der Waals surface area contributed by atoms with Gasteiger partial charge in [-0.3, -0.25) is 4.79 Å². The van der Waals surface area contributed by atoms with Crippen LogP contribution < -0.4 is 5.32 Å². The molecule has 0 saturated carbocycles. The molecule has 1 amide bonds. The number of ether oxygens (including phenoxy) is 1. The van der Waals surface area contributed by atoms with E-state index in [2.05, 4.69) is 16.1 Å². The lowest BCUT2D eigenvalue weighted by atomic mass is 10.3. The third kappa shape index (κ3) is 7.76. The average molecular weight is 215 g/mol. The largest absolute Gasteiger partial charge is 0.385 e. The molecule has 14 heavy (non-hydrogen) atoms. The van der Waals surface area contributed by atoms with Crippen LogP contribution in [0.3, 0.4) is 0 Å². The molecule has 1 aromatic rings. The molecule has 0 bridgehead atoms. The van der Waals surface area contributed by atoms with E-state index in [4.69, 9.17) is 0 Å². The SMILES string of the molecule is CCOC.O=CNCCc1cccs1. The Morgan fingerprint density at radius 1 is 1.64 bits per heavy atom. The number of hydrogen-bond donors (Lipinski definition) is 1. The fourth-order valence-corrected chi connectivity index (χ4v) is 1.42. The highest BCUT2D eigenvalue weighted by Gasteiger charge is 1.90. The van der Waals surface area contributed by atoms with Gasteiger partial charge in [-0.05, 0) is 24.8 Å². The van der Waals surface area contributed by atoms with Gasteiger partial charge in [0.15, 0.2) is 0 Å². The summed E-state index contributed by atoms with van der Waals surface area (Å²) in [4.78, 5) is 11.1. The molecule has 0 atom stereocenters. The third-order valence-electron chi connectivity index (χ3n) is 1.47. The molecule has 1 heterocycles. The summed E-state index contributed by atoms with van der Waals surface area (Å²) in [5, 5.41) is 4.65. The molecular weight excluding hydrogens is 198 g/mol. The van der Waals surface area contributed by atoms with Crippen LogP contribution in [0.25, 0.3) is 0 Å². The lowest BCUT2D eigenvalue weighted by molar-refractivity contribution is -0.109. The Labute approximate surface area is 89.1 Å². The van der Waals surface area contributed by atoms with E-state index in [1.165, 1.54) is 4.88 Å². The summed E-state index contributed by atoms with van der Waals surface area (Å²) in [5.41, 5.74) is 0. The van der Waals surface area contributed by atoms with E-state index in [0.717, 1.165) is 26.0 Å². The molecule has 0 radical (unpaired) electrons. The summed E-state index contributed by atoms with van der Waals surface area (Å²) in [5.74, 6) is 0. The molecule has 80 valence electrons. The first kappa shape index (κ1) is 13.1. The van der Waals surface area contributed by atoms with Crippen LogP contribution in [0.1, 0.15) is 11.8 Å². The molecule has 3 nitrogen and oxygen atoms in total. The van der Waals surface area contributed by atoms with Crippen LogP contribution in [0, 0.1) is 0 Å². The van der Waals surface area contributed by atoms with Crippen molar-refractivity contribution in [1.29, 1.82) is 0 Å². The Kier molecular flexibility index (Phi) is 9.58. The number of rotatable bonds is 5. The van der Waals surface area contributed by atoms with Crippen molar-refractivity contribution in [2.24, 2.45) is 0 Å². The number of carbonyl (C=O) groups is 1. The Balaban J connectivity index is 0.000000364. The monoisotopic (exact) mass is 215 g/mol. The Morgan fingerprint density at radius 2 is 2.36 bits per heavy atom. The van der Waals surface area contributed by atoms with E-state index in [1.807, 2.05) is 18.4 Å². The molecule has 1 rings (SSSR count). The normalized spacial score (nSPS) is 8.71. The smallest absolute Gasteiger partial charge is 0.207 e. The van der Waals surface area contributed by atoms with Crippen molar-refractivity contribution < 1.29 is 9.53 Å². The summed E-state index contributed by atoms with van der Waals surface area (Å²) in [6.45, 7) is 3.52. The van der Waals surface area contributed by atoms with Crippen molar-refractivity contribution in [3.63, 3.8) is 0 Å². The van der Waals surface area contributed by atoms with Crippen LogP contribution in [0.2, 0.25) is 0 Å². The van der Waals surface area contributed by atoms with Gasteiger partial charge in [0, 0.05) is 25.1 Å². The lowest BCUT2D eigenvalue weighted by Gasteiger charge is -1.93. The van der Waals surface area contributed by atoms with Gasteiger partial charge in [0.2, 0.25) is 6.41 Å². The molecule has 0 unspecified atom stereocenters. The minimum atomic E-state index is 0.730. The van der Waals surface area contributed by atoms with Gasteiger partial charge in [-0.2, -0.15) is 0 Å². The fourth-order valence-electron chi connectivity index (χ4n) is 0.709. The van der Waals surface area contributed by atoms with Gasteiger partial charge in [-0.25, -0.2) is 0 Å². The van der Waals surface area contributed by atoms with E-state index >= 15 is 0 Å². The Hall–Kier alpha value is -0.870. The van der Waals surface area contributed by atoms with Crippen molar-refractivity contribution in [3.8, 4) is 0 Å². The van der Waals surface area contributed by atoms with Crippen molar-refractivity contribution in [2.75, 3.05) is 20.3 Å². The van der Waals surface area contributed by atoms with E-state index in [0.29, 0.717) is 0 Å². The first-order valence-corrected chi connectivity index (χ1v) is 5.41. The predicted molar refractivity (Wildman–Crippen MR) is 59.6 cm³/mol. The van der Waals surface area contributed by atoms with Crippen LogP contribution in [0.15, 0.2) is 17.5 Å². The molecule has 1 aromatic heterocycles. The number of methoxy groups -OCH3 is 1. The zero-order valence-corrected chi connectivity index (χ0v) is 9.47. The quantitative estimate of drug-likeness (QED) is 0.599. The molecule has 1 N–H and O–H groups in total. The van der Waals surface area contributed by atoms with Crippen LogP contribution in [0.5, 0.6) is 0 Å². The maximum Gasteiger partial charge on any atom is 0.207 e. The van der Waals surface area contributed by atoms with Crippen LogP contribution in [-0.4, -0.2) is 26.7 Å². The maximum atomic E-state index is 9.83. The number of hydrogen-bond acceptors (Lipinski definition) is 3. The number of amides is 1. The lowest BCUT2D eigenvalue weighted by Crippen LogP contribution is -2.13. The Bertz CT molecular complexity index is 210. The first-order valence-electron chi connectivity index (χ1n) is 4.53. The number of thiophene rings is 1. The van der Waals surface area contributed by atoms with Gasteiger partial charge in [0.1, 0.15) is 0 Å². The van der Waals surface area contributed by atoms with Crippen molar-refractivity contribution >= 4 is 17.7 Å². The highest BCUT2D eigenvalue weighted by atomic mass is 32.1. The number of carbonyl (C=O) groups excluding carboxylic acids is 1. The molecule has 0 aromatic carbocycles. The summed E-state index contributed by atoms with van der Waals surface area (Å²) < 4.78 is 4.54. The molecule has 0 aliphatic heterocycles. The van der Waals surface area contributed by atoms with Crippen molar-refractivity contribution in [3.05, 3.63) is 22.4 Å². The second kappa shape index (κ2) is 10.2. The molecule has 0 saturated heterocycles. The van der Waals surface area contributed by atoms with Gasteiger partial charge < -0.3 is 10.1 Å². The van der Waals surface area contributed by atoms with E-state index in [9.17, 15) is 4.79 Å². The topological polar surface area (TPSA) is 38.3 Å². The molecule has 0 aliphatic carbocycles. The summed E-state index contributed by atoms with van der Waals surface area (Å²) in [6.07, 6.45) is 1.67. The Morgan fingerprint density at radius 3 is 2.79 bits per heavy atom. The van der Waals surface area contributed by atoms with Gasteiger partial charge in [0.25, 0.3) is 0 Å². The zero-order valence-electron chi connectivity index (χ0n) is 8.66. The third-order valence-corrected chi connectivity index (χ3v) is 2.40. The molecule has 0 spiro atoms. The van der Waals surface area contributed by atoms with Crippen molar-refractivity contribution in [1.82, 2.24) is 5.32 Å². The van der Waals surface area contributed by atoms with E-state index in [-0.39, 0.29) is 0 Å². The standard InChI is InChI=1S/C7H9NOS.C3H8O/c9-6-8-4-3-7-2-1-5-10-7;1-3-4-2/h1-2,5-6H,3-4H2,(H,8,9);3H2,1-2H3. The molecule has 4 heteroatoms. The maximum absolute atomic E-state index is 9.83. The second-order valence-corrected chi connectivity index (χ2v) is 3.51. The summed E-state index contributed by atoms with van der Waals surface area (Å²) in [7, 11) is 1.68. The van der Waals surface area contributed by atoms with Gasteiger partial charge in [-0.1, -0.05) is 6.07 Å². The molecular formula is C10H17NO2S. The van der Waals surface area contributed by atoms with Crippen LogP contribution >= 0.6 is 11.3 Å². The second-order valence-electron chi connectivity index (χ2n) is 2.48. The molecule has 0 fully saturated rings. The first-order chi connectivity index (χ1) is 6.85. The van der Waals surface area contributed by atoms with Crippen LogP contribution in [0.4, 0.5) is 0 Å². The zero-order chi connectivity index (χ0) is 10.6. The minimum Gasteiger partial charge on any atom is -0.385 e. The fraction of sp³-hybridized carbons (Fsp3) is 0.500. The predicted octanol–water partition coefficient (Wildman–Crippen LogP) is 1.69. The van der Waals surface area contributed by atoms with Gasteiger partial charge >= 0.3 is 0 Å². The van der Waals surface area contributed by atoms with Crippen LogP contribution in [-0.2, 0) is 16.0 Å². The molecule has 0 aliphatic rings. The minimum absolute atomic E-state index is 0.730. The number of nitrogens with one attached hydrogen (secondary N) is 1.